The van der Waals surface area contributed by atoms with Gasteiger partial charge in [-0.3, -0.25) is 4.90 Å². The lowest BCUT2D eigenvalue weighted by atomic mass is 10.1. The molecule has 1 aliphatic heterocycles. The minimum absolute atomic E-state index is 0.0105. The van der Waals surface area contributed by atoms with E-state index in [0.717, 1.165) is 24.7 Å². The monoisotopic (exact) mass is 412 g/mol. The molecule has 2 aromatic rings. The van der Waals surface area contributed by atoms with Crippen LogP contribution in [0.2, 0.25) is 0 Å². The maximum absolute atomic E-state index is 13.2. The molecule has 2 aromatic carbocycles. The summed E-state index contributed by atoms with van der Waals surface area (Å²) in [6.45, 7) is 3.87. The largest absolute Gasteiger partial charge is 0.416 e. The minimum atomic E-state index is -4.58. The zero-order valence-electron chi connectivity index (χ0n) is 15.6. The van der Waals surface area contributed by atoms with Gasteiger partial charge in [-0.2, -0.15) is 17.5 Å². The molecule has 1 aliphatic rings. The molecule has 0 spiro atoms. The van der Waals surface area contributed by atoms with Crippen LogP contribution in [-0.2, 0) is 22.7 Å². The van der Waals surface area contributed by atoms with E-state index in [-0.39, 0.29) is 17.0 Å². The third-order valence-corrected chi connectivity index (χ3v) is 6.84. The predicted molar refractivity (Wildman–Crippen MR) is 101 cm³/mol. The Morgan fingerprint density at radius 1 is 0.964 bits per heavy atom. The van der Waals surface area contributed by atoms with Gasteiger partial charge in [-0.05, 0) is 43.1 Å². The lowest BCUT2D eigenvalue weighted by molar-refractivity contribution is -0.138. The molecule has 0 N–H and O–H groups in total. The lowest BCUT2D eigenvalue weighted by Crippen LogP contribution is -2.35. The SMILES string of the molecule is Cc1ccc(S(=O)(=O)N2CCCN(Cc3ccccc3)CC2)cc1C(F)(F)F. The molecule has 0 atom stereocenters. The van der Waals surface area contributed by atoms with E-state index in [1.165, 1.54) is 23.4 Å². The van der Waals surface area contributed by atoms with Gasteiger partial charge in [0.15, 0.2) is 0 Å². The van der Waals surface area contributed by atoms with E-state index in [4.69, 9.17) is 0 Å². The van der Waals surface area contributed by atoms with Gasteiger partial charge in [-0.15, -0.1) is 0 Å². The van der Waals surface area contributed by atoms with Crippen LogP contribution in [0.3, 0.4) is 0 Å². The Kier molecular flexibility index (Phi) is 6.12. The van der Waals surface area contributed by atoms with E-state index in [9.17, 15) is 21.6 Å². The summed E-state index contributed by atoms with van der Waals surface area (Å²) in [5.74, 6) is 0. The van der Waals surface area contributed by atoms with Gasteiger partial charge in [0.2, 0.25) is 10.0 Å². The van der Waals surface area contributed by atoms with Crippen molar-refractivity contribution in [2.75, 3.05) is 26.2 Å². The molecule has 0 bridgehead atoms. The molecular weight excluding hydrogens is 389 g/mol. The third-order valence-electron chi connectivity index (χ3n) is 4.95. The lowest BCUT2D eigenvalue weighted by Gasteiger charge is -2.22. The fourth-order valence-corrected chi connectivity index (χ4v) is 4.90. The second-order valence-electron chi connectivity index (χ2n) is 6.99. The summed E-state index contributed by atoms with van der Waals surface area (Å²) >= 11 is 0. The summed E-state index contributed by atoms with van der Waals surface area (Å²) in [4.78, 5) is 1.86. The maximum atomic E-state index is 13.2. The van der Waals surface area contributed by atoms with Crippen LogP contribution in [0.25, 0.3) is 0 Å². The molecule has 0 radical (unpaired) electrons. The van der Waals surface area contributed by atoms with Crippen molar-refractivity contribution in [1.29, 1.82) is 0 Å². The van der Waals surface area contributed by atoms with Crippen molar-refractivity contribution in [3.63, 3.8) is 0 Å². The molecule has 0 aromatic heterocycles. The molecule has 1 saturated heterocycles. The fraction of sp³-hybridized carbons (Fsp3) is 0.400. The Morgan fingerprint density at radius 3 is 2.36 bits per heavy atom. The average molecular weight is 412 g/mol. The van der Waals surface area contributed by atoms with E-state index in [0.29, 0.717) is 19.5 Å². The number of halogens is 3. The molecule has 8 heteroatoms. The van der Waals surface area contributed by atoms with Gasteiger partial charge in [0.25, 0.3) is 0 Å². The van der Waals surface area contributed by atoms with Crippen LogP contribution in [0.15, 0.2) is 53.4 Å². The van der Waals surface area contributed by atoms with E-state index < -0.39 is 21.8 Å². The van der Waals surface area contributed by atoms with Crippen LogP contribution in [0, 0.1) is 6.92 Å². The maximum Gasteiger partial charge on any atom is 0.416 e. The normalized spacial score (nSPS) is 17.4. The van der Waals surface area contributed by atoms with E-state index >= 15 is 0 Å². The fourth-order valence-electron chi connectivity index (χ4n) is 3.40. The van der Waals surface area contributed by atoms with Gasteiger partial charge in [0.1, 0.15) is 0 Å². The molecule has 0 saturated carbocycles. The first-order chi connectivity index (χ1) is 13.2. The summed E-state index contributed by atoms with van der Waals surface area (Å²) in [7, 11) is -3.97. The molecule has 0 unspecified atom stereocenters. The van der Waals surface area contributed by atoms with Crippen LogP contribution >= 0.6 is 0 Å². The van der Waals surface area contributed by atoms with Crippen molar-refractivity contribution in [3.8, 4) is 0 Å². The first kappa shape index (κ1) is 20.8. The van der Waals surface area contributed by atoms with Crippen molar-refractivity contribution < 1.29 is 21.6 Å². The van der Waals surface area contributed by atoms with E-state index in [2.05, 4.69) is 4.90 Å². The van der Waals surface area contributed by atoms with Crippen molar-refractivity contribution in [3.05, 3.63) is 65.2 Å². The first-order valence-electron chi connectivity index (χ1n) is 9.12. The zero-order chi connectivity index (χ0) is 20.4. The van der Waals surface area contributed by atoms with Crippen molar-refractivity contribution >= 4 is 10.0 Å². The van der Waals surface area contributed by atoms with Crippen LogP contribution in [0.5, 0.6) is 0 Å². The molecule has 4 nitrogen and oxygen atoms in total. The highest BCUT2D eigenvalue weighted by molar-refractivity contribution is 7.89. The summed E-state index contributed by atoms with van der Waals surface area (Å²) < 4.78 is 66.7. The van der Waals surface area contributed by atoms with Crippen LogP contribution in [-0.4, -0.2) is 43.8 Å². The summed E-state index contributed by atoms with van der Waals surface area (Å²) in [6, 6.07) is 13.1. The number of rotatable bonds is 4. The van der Waals surface area contributed by atoms with E-state index in [1.54, 1.807) is 0 Å². The van der Waals surface area contributed by atoms with Crippen molar-refractivity contribution in [2.24, 2.45) is 0 Å². The highest BCUT2D eigenvalue weighted by Gasteiger charge is 2.35. The van der Waals surface area contributed by atoms with Gasteiger partial charge in [-0.1, -0.05) is 36.4 Å². The highest BCUT2D eigenvalue weighted by atomic mass is 32.2. The van der Waals surface area contributed by atoms with Gasteiger partial charge in [-0.25, -0.2) is 8.42 Å². The molecule has 0 aliphatic carbocycles. The molecule has 1 heterocycles. The topological polar surface area (TPSA) is 40.6 Å². The molecule has 1 fully saturated rings. The molecule has 28 heavy (non-hydrogen) atoms. The van der Waals surface area contributed by atoms with Gasteiger partial charge >= 0.3 is 6.18 Å². The average Bonchev–Trinajstić information content (AvgIpc) is 2.88. The standard InChI is InChI=1S/C20H23F3N2O2S/c1-16-8-9-18(14-19(16)20(21,22)23)28(26,27)25-11-5-10-24(12-13-25)15-17-6-3-2-4-7-17/h2-4,6-9,14H,5,10-13,15H2,1H3. The number of benzene rings is 2. The quantitative estimate of drug-likeness (QED) is 0.765. The van der Waals surface area contributed by atoms with Gasteiger partial charge in [0, 0.05) is 26.2 Å². The summed E-state index contributed by atoms with van der Waals surface area (Å²) in [5.41, 5.74) is 0.248. The Labute approximate surface area is 163 Å². The predicted octanol–water partition coefficient (Wildman–Crippen LogP) is 3.91. The third kappa shape index (κ3) is 4.74. The smallest absolute Gasteiger partial charge is 0.298 e. The Morgan fingerprint density at radius 2 is 1.68 bits per heavy atom. The molecular formula is C20H23F3N2O2S. The molecule has 3 rings (SSSR count). The molecule has 152 valence electrons. The number of sulfonamides is 1. The van der Waals surface area contributed by atoms with Crippen LogP contribution in [0.4, 0.5) is 13.2 Å². The Balaban J connectivity index is 1.76. The number of hydrogen-bond acceptors (Lipinski definition) is 3. The van der Waals surface area contributed by atoms with Crippen LogP contribution in [0.1, 0.15) is 23.1 Å². The first-order valence-corrected chi connectivity index (χ1v) is 10.6. The summed E-state index contributed by atoms with van der Waals surface area (Å²) in [5, 5.41) is 0. The van der Waals surface area contributed by atoms with E-state index in [1.807, 2.05) is 30.3 Å². The van der Waals surface area contributed by atoms with Gasteiger partial charge in [0.05, 0.1) is 10.5 Å². The number of hydrogen-bond donors (Lipinski definition) is 0. The summed E-state index contributed by atoms with van der Waals surface area (Å²) in [6.07, 6.45) is -3.95. The highest BCUT2D eigenvalue weighted by Crippen LogP contribution is 2.34. The molecule has 0 amide bonds. The van der Waals surface area contributed by atoms with Crippen LogP contribution < -0.4 is 0 Å². The van der Waals surface area contributed by atoms with Crippen molar-refractivity contribution in [1.82, 2.24) is 9.21 Å². The Hall–Kier alpha value is -1.90. The van der Waals surface area contributed by atoms with Gasteiger partial charge < -0.3 is 0 Å². The Bertz CT molecular complexity index is 915. The zero-order valence-corrected chi connectivity index (χ0v) is 16.4. The number of alkyl halides is 3. The number of aryl methyl sites for hydroxylation is 1. The minimum Gasteiger partial charge on any atom is -0.298 e. The second-order valence-corrected chi connectivity index (χ2v) is 8.93. The second kappa shape index (κ2) is 8.23. The van der Waals surface area contributed by atoms with Crippen molar-refractivity contribution in [2.45, 2.75) is 31.0 Å². The number of nitrogens with zero attached hydrogens (tertiary/aromatic N) is 2.